The summed E-state index contributed by atoms with van der Waals surface area (Å²) in [5.41, 5.74) is 8.06. The zero-order valence-electron chi connectivity index (χ0n) is 11.7. The number of hydrogen-bond acceptors (Lipinski definition) is 3. The zero-order chi connectivity index (χ0) is 14.9. The van der Waals surface area contributed by atoms with Crippen molar-refractivity contribution in [2.24, 2.45) is 0 Å². The van der Waals surface area contributed by atoms with Crippen LogP contribution in [0.2, 0.25) is 0 Å². The predicted octanol–water partition coefficient (Wildman–Crippen LogP) is 3.27. The molecule has 4 nitrogen and oxygen atoms in total. The lowest BCUT2D eigenvalue weighted by molar-refractivity contribution is 0.0889. The molecule has 0 aromatic heterocycles. The molecule has 1 heterocycles. The number of hydrogen-bond donors (Lipinski definition) is 2. The van der Waals surface area contributed by atoms with Gasteiger partial charge in [-0.2, -0.15) is 0 Å². The second-order valence-electron chi connectivity index (χ2n) is 5.02. The van der Waals surface area contributed by atoms with Crippen LogP contribution in [0.1, 0.15) is 35.7 Å². The van der Waals surface area contributed by atoms with Gasteiger partial charge in [-0.15, -0.1) is 0 Å². The van der Waals surface area contributed by atoms with E-state index in [0.717, 1.165) is 40.4 Å². The summed E-state index contributed by atoms with van der Waals surface area (Å²) < 4.78 is 1.51. The highest BCUT2D eigenvalue weighted by Gasteiger charge is 2.26. The van der Waals surface area contributed by atoms with Crippen molar-refractivity contribution in [3.05, 3.63) is 26.1 Å². The zero-order valence-corrected chi connectivity index (χ0v) is 14.8. The van der Waals surface area contributed by atoms with Crippen molar-refractivity contribution >= 4 is 43.5 Å². The average molecular weight is 405 g/mol. The number of nitrogens with zero attached hydrogens (tertiary/aromatic N) is 1. The van der Waals surface area contributed by atoms with Crippen molar-refractivity contribution in [2.45, 2.75) is 32.9 Å². The lowest BCUT2D eigenvalue weighted by Gasteiger charge is -2.24. The van der Waals surface area contributed by atoms with Gasteiger partial charge in [0.15, 0.2) is 0 Å². The number of rotatable bonds is 3. The summed E-state index contributed by atoms with van der Waals surface area (Å²) in [6, 6.07) is 1.79. The summed E-state index contributed by atoms with van der Waals surface area (Å²) in [6.07, 6.45) is 2.28. The van der Waals surface area contributed by atoms with E-state index in [0.29, 0.717) is 11.3 Å². The summed E-state index contributed by atoms with van der Waals surface area (Å²) in [5.74, 6) is -0.0470. The van der Waals surface area contributed by atoms with E-state index in [9.17, 15) is 4.79 Å². The molecule has 0 saturated carbocycles. The molecule has 1 atom stereocenters. The molecule has 1 aliphatic heterocycles. The molecule has 1 amide bonds. The van der Waals surface area contributed by atoms with Crippen molar-refractivity contribution in [1.29, 1.82) is 0 Å². The standard InChI is InChI=1S/C14H19Br2N3O/c1-3-19-6-4-5-11(19)18-14(20)9-7-10(15)13(17)12(16)8(9)2/h7,11H,3-6,17H2,1-2H3,(H,18,20). The summed E-state index contributed by atoms with van der Waals surface area (Å²) >= 11 is 6.83. The van der Waals surface area contributed by atoms with Gasteiger partial charge in [0.25, 0.3) is 5.91 Å². The summed E-state index contributed by atoms with van der Waals surface area (Å²) in [5, 5.41) is 3.12. The molecule has 0 bridgehead atoms. The molecule has 1 aromatic carbocycles. The first-order valence-electron chi connectivity index (χ1n) is 6.74. The molecule has 0 spiro atoms. The Morgan fingerprint density at radius 1 is 1.55 bits per heavy atom. The van der Waals surface area contributed by atoms with Gasteiger partial charge >= 0.3 is 0 Å². The largest absolute Gasteiger partial charge is 0.397 e. The quantitative estimate of drug-likeness (QED) is 0.760. The number of benzene rings is 1. The molecule has 6 heteroatoms. The van der Waals surface area contributed by atoms with Crippen LogP contribution in [0.4, 0.5) is 5.69 Å². The third-order valence-electron chi connectivity index (χ3n) is 3.81. The molecule has 1 aromatic rings. The van der Waals surface area contributed by atoms with E-state index in [1.807, 2.05) is 6.92 Å². The first kappa shape index (κ1) is 15.8. The van der Waals surface area contributed by atoms with Crippen LogP contribution >= 0.6 is 31.9 Å². The van der Waals surface area contributed by atoms with Gasteiger partial charge < -0.3 is 11.1 Å². The number of halogens is 2. The molecular formula is C14H19Br2N3O. The molecule has 2 rings (SSSR count). The Balaban J connectivity index is 2.22. The second kappa shape index (κ2) is 6.45. The summed E-state index contributed by atoms with van der Waals surface area (Å²) in [7, 11) is 0. The van der Waals surface area contributed by atoms with E-state index in [4.69, 9.17) is 5.73 Å². The van der Waals surface area contributed by atoms with E-state index in [1.54, 1.807) is 6.07 Å². The Bertz CT molecular complexity index is 534. The Morgan fingerprint density at radius 2 is 2.25 bits per heavy atom. The maximum atomic E-state index is 12.5. The number of carbonyl (C=O) groups is 1. The maximum absolute atomic E-state index is 12.5. The Hall–Kier alpha value is -0.590. The maximum Gasteiger partial charge on any atom is 0.252 e. The number of nitrogen functional groups attached to an aromatic ring is 1. The fraction of sp³-hybridized carbons (Fsp3) is 0.500. The number of likely N-dealkylation sites (tertiary alicyclic amines) is 1. The van der Waals surface area contributed by atoms with Crippen molar-refractivity contribution in [3.63, 3.8) is 0 Å². The smallest absolute Gasteiger partial charge is 0.252 e. The minimum Gasteiger partial charge on any atom is -0.397 e. The van der Waals surface area contributed by atoms with Crippen LogP contribution in [-0.4, -0.2) is 30.1 Å². The van der Waals surface area contributed by atoms with E-state index >= 15 is 0 Å². The number of nitrogens with one attached hydrogen (secondary N) is 1. The average Bonchev–Trinajstić information content (AvgIpc) is 2.87. The first-order chi connectivity index (χ1) is 9.45. The van der Waals surface area contributed by atoms with E-state index in [2.05, 4.69) is 49.0 Å². The van der Waals surface area contributed by atoms with Crippen LogP contribution < -0.4 is 11.1 Å². The first-order valence-corrected chi connectivity index (χ1v) is 8.33. The Morgan fingerprint density at radius 3 is 2.90 bits per heavy atom. The number of amides is 1. The Labute approximate surface area is 136 Å². The third kappa shape index (κ3) is 3.02. The molecule has 20 heavy (non-hydrogen) atoms. The van der Waals surface area contributed by atoms with Crippen LogP contribution in [0.3, 0.4) is 0 Å². The van der Waals surface area contributed by atoms with Crippen LogP contribution in [-0.2, 0) is 0 Å². The summed E-state index contributed by atoms with van der Waals surface area (Å²) in [6.45, 7) is 6.02. The van der Waals surface area contributed by atoms with E-state index < -0.39 is 0 Å². The van der Waals surface area contributed by atoms with Gasteiger partial charge in [-0.25, -0.2) is 0 Å². The number of carbonyl (C=O) groups excluding carboxylic acids is 1. The predicted molar refractivity (Wildman–Crippen MR) is 88.7 cm³/mol. The fourth-order valence-electron chi connectivity index (χ4n) is 2.57. The molecule has 110 valence electrons. The lowest BCUT2D eigenvalue weighted by Crippen LogP contribution is -2.44. The highest BCUT2D eigenvalue weighted by molar-refractivity contribution is 9.11. The minimum absolute atomic E-state index is 0.0470. The second-order valence-corrected chi connectivity index (χ2v) is 6.67. The number of nitrogens with two attached hydrogens (primary N) is 1. The highest BCUT2D eigenvalue weighted by Crippen LogP contribution is 2.33. The summed E-state index contributed by atoms with van der Waals surface area (Å²) in [4.78, 5) is 14.8. The monoisotopic (exact) mass is 403 g/mol. The molecule has 1 aliphatic rings. The molecule has 0 radical (unpaired) electrons. The van der Waals surface area contributed by atoms with Gasteiger partial charge in [-0.3, -0.25) is 9.69 Å². The molecule has 3 N–H and O–H groups in total. The van der Waals surface area contributed by atoms with Gasteiger partial charge in [0.1, 0.15) is 0 Å². The van der Waals surface area contributed by atoms with Crippen LogP contribution in [0, 0.1) is 6.92 Å². The fourth-order valence-corrected chi connectivity index (χ4v) is 3.69. The normalized spacial score (nSPS) is 19.3. The van der Waals surface area contributed by atoms with Gasteiger partial charge in [-0.05, 0) is 69.8 Å². The molecule has 1 fully saturated rings. The van der Waals surface area contributed by atoms with Crippen molar-refractivity contribution in [3.8, 4) is 0 Å². The topological polar surface area (TPSA) is 58.4 Å². The van der Waals surface area contributed by atoms with Gasteiger partial charge in [0, 0.05) is 21.1 Å². The van der Waals surface area contributed by atoms with Crippen molar-refractivity contribution < 1.29 is 4.79 Å². The molecule has 0 aliphatic carbocycles. The van der Waals surface area contributed by atoms with Crippen molar-refractivity contribution in [1.82, 2.24) is 10.2 Å². The SMILES string of the molecule is CCN1CCCC1NC(=O)c1cc(Br)c(N)c(Br)c1C. The molecule has 1 saturated heterocycles. The van der Waals surface area contributed by atoms with E-state index in [1.165, 1.54) is 0 Å². The van der Waals surface area contributed by atoms with Crippen molar-refractivity contribution in [2.75, 3.05) is 18.8 Å². The van der Waals surface area contributed by atoms with E-state index in [-0.39, 0.29) is 12.1 Å². The third-order valence-corrected chi connectivity index (χ3v) is 5.49. The van der Waals surface area contributed by atoms with Gasteiger partial charge in [-0.1, -0.05) is 6.92 Å². The van der Waals surface area contributed by atoms with Crippen LogP contribution in [0.5, 0.6) is 0 Å². The van der Waals surface area contributed by atoms with Gasteiger partial charge in [0.2, 0.25) is 0 Å². The highest BCUT2D eigenvalue weighted by atomic mass is 79.9. The number of anilines is 1. The van der Waals surface area contributed by atoms with Crippen LogP contribution in [0.15, 0.2) is 15.0 Å². The Kier molecular flexibility index (Phi) is 5.09. The minimum atomic E-state index is -0.0470. The van der Waals surface area contributed by atoms with Crippen LogP contribution in [0.25, 0.3) is 0 Å². The molecule has 1 unspecified atom stereocenters. The lowest BCUT2D eigenvalue weighted by atomic mass is 10.1. The molecular weight excluding hydrogens is 386 g/mol. The van der Waals surface area contributed by atoms with Gasteiger partial charge in [0.05, 0.1) is 11.9 Å².